The van der Waals surface area contributed by atoms with Crippen LogP contribution in [0.15, 0.2) is 83.8 Å². The average Bonchev–Trinajstić information content (AvgIpc) is 2.65. The van der Waals surface area contributed by atoms with E-state index >= 15 is 0 Å². The van der Waals surface area contributed by atoms with E-state index in [9.17, 15) is 0 Å². The number of ether oxygens (including phenoxy) is 1. The summed E-state index contributed by atoms with van der Waals surface area (Å²) in [7, 11) is 1.00. The van der Waals surface area contributed by atoms with E-state index in [1.807, 2.05) is 78.9 Å². The molecule has 2 N–H and O–H groups in total. The third-order valence-corrected chi connectivity index (χ3v) is 3.72. The Morgan fingerprint density at radius 1 is 0.833 bits per heavy atom. The van der Waals surface area contributed by atoms with Crippen molar-refractivity contribution < 1.29 is 9.84 Å². The van der Waals surface area contributed by atoms with E-state index in [2.05, 4.69) is 17.9 Å². The van der Waals surface area contributed by atoms with Gasteiger partial charge in [-0.3, -0.25) is 0 Å². The zero-order valence-corrected chi connectivity index (χ0v) is 14.4. The molecule has 0 bridgehead atoms. The number of anilines is 1. The molecule has 0 spiro atoms. The molecule has 4 heteroatoms. The highest BCUT2D eigenvalue weighted by atomic mass is 32.1. The lowest BCUT2D eigenvalue weighted by Gasteiger charge is -2.11. The van der Waals surface area contributed by atoms with Crippen LogP contribution in [0.2, 0.25) is 0 Å². The standard InChI is InChI=1S/C19H17NOS.CH4O/c22-19-12-11-18(21-17-9-5-2-6-10-17)13-15(19)14-20-16-7-3-1-4-8-16;1-2/h1-13,20,22H,14H2;2H,1H3. The maximum Gasteiger partial charge on any atom is 0.127 e. The first kappa shape index (κ1) is 17.9. The monoisotopic (exact) mass is 339 g/mol. The lowest BCUT2D eigenvalue weighted by Crippen LogP contribution is -2.00. The van der Waals surface area contributed by atoms with Crippen molar-refractivity contribution in [2.75, 3.05) is 12.4 Å². The number of hydrogen-bond donors (Lipinski definition) is 3. The third-order valence-electron chi connectivity index (χ3n) is 3.29. The summed E-state index contributed by atoms with van der Waals surface area (Å²) in [6.07, 6.45) is 0. The minimum Gasteiger partial charge on any atom is -0.457 e. The molecular formula is C20H21NO2S. The Morgan fingerprint density at radius 3 is 2.12 bits per heavy atom. The van der Waals surface area contributed by atoms with E-state index in [0.717, 1.165) is 34.8 Å². The summed E-state index contributed by atoms with van der Waals surface area (Å²) in [6.45, 7) is 0.703. The predicted octanol–water partition coefficient (Wildman–Crippen LogP) is 4.99. The van der Waals surface area contributed by atoms with Crippen LogP contribution >= 0.6 is 12.6 Å². The van der Waals surface area contributed by atoms with Crippen molar-refractivity contribution in [3.05, 3.63) is 84.4 Å². The quantitative estimate of drug-likeness (QED) is 0.574. The van der Waals surface area contributed by atoms with Crippen LogP contribution < -0.4 is 10.1 Å². The SMILES string of the molecule is CO.Sc1ccc(Oc2ccccc2)cc1CNc1ccccc1. The number of aliphatic hydroxyl groups excluding tert-OH is 1. The van der Waals surface area contributed by atoms with Gasteiger partial charge in [-0.1, -0.05) is 36.4 Å². The van der Waals surface area contributed by atoms with Crippen LogP contribution in [0.1, 0.15) is 5.56 Å². The molecule has 0 heterocycles. The van der Waals surface area contributed by atoms with Gasteiger partial charge in [-0.05, 0) is 48.0 Å². The van der Waals surface area contributed by atoms with Gasteiger partial charge < -0.3 is 15.2 Å². The fourth-order valence-corrected chi connectivity index (χ4v) is 2.36. The van der Waals surface area contributed by atoms with E-state index in [4.69, 9.17) is 9.84 Å². The maximum atomic E-state index is 7.00. The van der Waals surface area contributed by atoms with Gasteiger partial charge in [-0.2, -0.15) is 0 Å². The van der Waals surface area contributed by atoms with Gasteiger partial charge in [0.05, 0.1) is 0 Å². The van der Waals surface area contributed by atoms with Gasteiger partial charge in [0.1, 0.15) is 11.5 Å². The average molecular weight is 339 g/mol. The van der Waals surface area contributed by atoms with Gasteiger partial charge in [0.25, 0.3) is 0 Å². The number of hydrogen-bond acceptors (Lipinski definition) is 4. The van der Waals surface area contributed by atoms with Crippen molar-refractivity contribution in [1.82, 2.24) is 0 Å². The molecule has 3 nitrogen and oxygen atoms in total. The maximum absolute atomic E-state index is 7.00. The van der Waals surface area contributed by atoms with Crippen LogP contribution in [0.25, 0.3) is 0 Å². The molecule has 0 aromatic heterocycles. The predicted molar refractivity (Wildman–Crippen MR) is 102 cm³/mol. The number of nitrogens with one attached hydrogen (secondary N) is 1. The number of thiol groups is 1. The molecule has 0 saturated carbocycles. The topological polar surface area (TPSA) is 41.5 Å². The number of aliphatic hydroxyl groups is 1. The normalized spacial score (nSPS) is 9.62. The molecule has 0 aliphatic carbocycles. The Bertz CT molecular complexity index is 733. The van der Waals surface area contributed by atoms with Crippen LogP contribution in [0.4, 0.5) is 5.69 Å². The van der Waals surface area contributed by atoms with Crippen molar-refractivity contribution in [2.45, 2.75) is 11.4 Å². The summed E-state index contributed by atoms with van der Waals surface area (Å²) >= 11 is 4.52. The van der Waals surface area contributed by atoms with Gasteiger partial charge >= 0.3 is 0 Å². The second-order valence-corrected chi connectivity index (χ2v) is 5.41. The fourth-order valence-electron chi connectivity index (χ4n) is 2.14. The van der Waals surface area contributed by atoms with Crippen molar-refractivity contribution in [2.24, 2.45) is 0 Å². The molecule has 0 radical (unpaired) electrons. The van der Waals surface area contributed by atoms with E-state index in [1.165, 1.54) is 0 Å². The Hall–Kier alpha value is -2.43. The molecule has 3 rings (SSSR count). The summed E-state index contributed by atoms with van der Waals surface area (Å²) in [5.41, 5.74) is 2.19. The molecule has 0 atom stereocenters. The van der Waals surface area contributed by atoms with Crippen molar-refractivity contribution in [3.8, 4) is 11.5 Å². The molecule has 0 unspecified atom stereocenters. The molecular weight excluding hydrogens is 318 g/mol. The first-order valence-corrected chi connectivity index (χ1v) is 8.04. The molecule has 3 aromatic rings. The van der Waals surface area contributed by atoms with Crippen LogP contribution in [0, 0.1) is 0 Å². The summed E-state index contributed by atoms with van der Waals surface area (Å²) in [5, 5.41) is 10.4. The van der Waals surface area contributed by atoms with Gasteiger partial charge in [0.2, 0.25) is 0 Å². The second-order valence-electron chi connectivity index (χ2n) is 4.93. The van der Waals surface area contributed by atoms with E-state index in [1.54, 1.807) is 0 Å². The highest BCUT2D eigenvalue weighted by Gasteiger charge is 2.03. The minimum absolute atomic E-state index is 0.703. The fraction of sp³-hybridized carbons (Fsp3) is 0.100. The summed E-state index contributed by atoms with van der Waals surface area (Å²) in [6, 6.07) is 25.8. The lowest BCUT2D eigenvalue weighted by molar-refractivity contribution is 0.399. The van der Waals surface area contributed by atoms with Crippen LogP contribution in [0.5, 0.6) is 11.5 Å². The van der Waals surface area contributed by atoms with Crippen LogP contribution in [0.3, 0.4) is 0 Å². The number of para-hydroxylation sites is 2. The molecule has 0 saturated heterocycles. The van der Waals surface area contributed by atoms with Gasteiger partial charge in [0.15, 0.2) is 0 Å². The van der Waals surface area contributed by atoms with Crippen LogP contribution in [-0.4, -0.2) is 12.2 Å². The summed E-state index contributed by atoms with van der Waals surface area (Å²) in [4.78, 5) is 0.948. The van der Waals surface area contributed by atoms with Gasteiger partial charge in [-0.15, -0.1) is 12.6 Å². The van der Waals surface area contributed by atoms with Gasteiger partial charge in [-0.25, -0.2) is 0 Å². The van der Waals surface area contributed by atoms with E-state index < -0.39 is 0 Å². The largest absolute Gasteiger partial charge is 0.457 e. The van der Waals surface area contributed by atoms with E-state index in [0.29, 0.717) is 6.54 Å². The molecule has 24 heavy (non-hydrogen) atoms. The molecule has 0 amide bonds. The Kier molecular flexibility index (Phi) is 7.21. The molecule has 124 valence electrons. The molecule has 0 fully saturated rings. The zero-order chi connectivity index (χ0) is 17.2. The molecule has 0 aliphatic heterocycles. The van der Waals surface area contributed by atoms with Crippen molar-refractivity contribution >= 4 is 18.3 Å². The van der Waals surface area contributed by atoms with Crippen molar-refractivity contribution in [3.63, 3.8) is 0 Å². The minimum atomic E-state index is 0.703. The molecule has 3 aromatic carbocycles. The highest BCUT2D eigenvalue weighted by Crippen LogP contribution is 2.26. The highest BCUT2D eigenvalue weighted by molar-refractivity contribution is 7.80. The number of rotatable bonds is 5. The Balaban J connectivity index is 0.00000100. The zero-order valence-electron chi connectivity index (χ0n) is 13.5. The van der Waals surface area contributed by atoms with Crippen molar-refractivity contribution in [1.29, 1.82) is 0 Å². The van der Waals surface area contributed by atoms with Gasteiger partial charge in [0, 0.05) is 24.2 Å². The van der Waals surface area contributed by atoms with E-state index in [-0.39, 0.29) is 0 Å². The smallest absolute Gasteiger partial charge is 0.127 e. The number of benzene rings is 3. The third kappa shape index (κ3) is 5.33. The Morgan fingerprint density at radius 2 is 1.46 bits per heavy atom. The lowest BCUT2D eigenvalue weighted by atomic mass is 10.2. The summed E-state index contributed by atoms with van der Waals surface area (Å²) < 4.78 is 5.86. The Labute approximate surface area is 148 Å². The second kappa shape index (κ2) is 9.65. The first-order chi connectivity index (χ1) is 11.8. The van der Waals surface area contributed by atoms with Crippen LogP contribution in [-0.2, 0) is 6.54 Å². The first-order valence-electron chi connectivity index (χ1n) is 7.60. The summed E-state index contributed by atoms with van der Waals surface area (Å²) in [5.74, 6) is 1.64. The molecule has 0 aliphatic rings.